The van der Waals surface area contributed by atoms with Gasteiger partial charge in [0.2, 0.25) is 0 Å². The van der Waals surface area contributed by atoms with Crippen molar-refractivity contribution in [1.29, 1.82) is 0 Å². The molecule has 0 unspecified atom stereocenters. The average Bonchev–Trinajstić information content (AvgIpc) is 2.33. The molecule has 2 rings (SSSR count). The fourth-order valence-corrected chi connectivity index (χ4v) is 2.40. The van der Waals surface area contributed by atoms with E-state index in [-0.39, 0.29) is 5.78 Å². The summed E-state index contributed by atoms with van der Waals surface area (Å²) in [6.07, 6.45) is 0.434. The van der Waals surface area contributed by atoms with Gasteiger partial charge in [0.1, 0.15) is 0 Å². The van der Waals surface area contributed by atoms with Gasteiger partial charge in [-0.05, 0) is 49.6 Å². The highest BCUT2D eigenvalue weighted by atomic mass is 35.5. The van der Waals surface area contributed by atoms with E-state index in [9.17, 15) is 4.79 Å². The van der Waals surface area contributed by atoms with Gasteiger partial charge in [0.15, 0.2) is 5.78 Å². The molecular formula is C17H17ClO. The summed E-state index contributed by atoms with van der Waals surface area (Å²) in [6, 6.07) is 11.8. The third kappa shape index (κ3) is 3.24. The van der Waals surface area contributed by atoms with E-state index in [1.54, 1.807) is 0 Å². The fraction of sp³-hybridized carbons (Fsp3) is 0.235. The monoisotopic (exact) mass is 272 g/mol. The van der Waals surface area contributed by atoms with E-state index in [0.717, 1.165) is 22.3 Å². The zero-order chi connectivity index (χ0) is 14.0. The van der Waals surface area contributed by atoms with E-state index in [0.29, 0.717) is 11.4 Å². The molecule has 0 radical (unpaired) electrons. The van der Waals surface area contributed by atoms with Crippen molar-refractivity contribution in [1.82, 2.24) is 0 Å². The Morgan fingerprint density at radius 2 is 1.79 bits per heavy atom. The SMILES string of the molecule is Cc1cccc(CC(=O)c2cc(C)c(Cl)cc2C)c1. The molecule has 0 saturated heterocycles. The number of aryl methyl sites for hydroxylation is 3. The first-order valence-corrected chi connectivity index (χ1v) is 6.70. The lowest BCUT2D eigenvalue weighted by atomic mass is 9.97. The molecule has 0 aromatic heterocycles. The topological polar surface area (TPSA) is 17.1 Å². The minimum atomic E-state index is 0.142. The molecule has 0 aliphatic rings. The summed E-state index contributed by atoms with van der Waals surface area (Å²) in [6.45, 7) is 5.88. The van der Waals surface area contributed by atoms with Gasteiger partial charge in [-0.25, -0.2) is 0 Å². The molecule has 2 aromatic carbocycles. The summed E-state index contributed by atoms with van der Waals surface area (Å²) < 4.78 is 0. The molecule has 0 bridgehead atoms. The van der Waals surface area contributed by atoms with Crippen molar-refractivity contribution in [3.8, 4) is 0 Å². The molecule has 0 saturated carbocycles. The maximum Gasteiger partial charge on any atom is 0.167 e. The normalized spacial score (nSPS) is 10.5. The van der Waals surface area contributed by atoms with Crippen LogP contribution in [0.4, 0.5) is 0 Å². The number of carbonyl (C=O) groups is 1. The number of hydrogen-bond acceptors (Lipinski definition) is 1. The Labute approximate surface area is 119 Å². The Hall–Kier alpha value is -1.60. The zero-order valence-electron chi connectivity index (χ0n) is 11.5. The maximum absolute atomic E-state index is 12.4. The molecule has 19 heavy (non-hydrogen) atoms. The van der Waals surface area contributed by atoms with Crippen LogP contribution >= 0.6 is 11.6 Å². The van der Waals surface area contributed by atoms with Crippen LogP contribution in [0.15, 0.2) is 36.4 Å². The van der Waals surface area contributed by atoms with E-state index in [2.05, 4.69) is 6.07 Å². The van der Waals surface area contributed by atoms with Gasteiger partial charge in [-0.1, -0.05) is 41.4 Å². The number of Topliss-reactive ketones (excluding diaryl/α,β-unsaturated/α-hetero) is 1. The maximum atomic E-state index is 12.4. The largest absolute Gasteiger partial charge is 0.294 e. The summed E-state index contributed by atoms with van der Waals surface area (Å²) in [5.74, 6) is 0.142. The molecule has 0 spiro atoms. The fourth-order valence-electron chi connectivity index (χ4n) is 2.18. The number of carbonyl (C=O) groups excluding carboxylic acids is 1. The number of hydrogen-bond donors (Lipinski definition) is 0. The van der Waals surface area contributed by atoms with Gasteiger partial charge >= 0.3 is 0 Å². The van der Waals surface area contributed by atoms with Crippen molar-refractivity contribution in [3.05, 3.63) is 69.2 Å². The molecule has 1 nitrogen and oxygen atoms in total. The number of benzene rings is 2. The zero-order valence-corrected chi connectivity index (χ0v) is 12.2. The highest BCUT2D eigenvalue weighted by molar-refractivity contribution is 6.31. The predicted octanol–water partition coefficient (Wildman–Crippen LogP) is 4.69. The van der Waals surface area contributed by atoms with Gasteiger partial charge in [0.25, 0.3) is 0 Å². The van der Waals surface area contributed by atoms with Gasteiger partial charge in [-0.2, -0.15) is 0 Å². The van der Waals surface area contributed by atoms with Gasteiger partial charge in [0, 0.05) is 17.0 Å². The van der Waals surface area contributed by atoms with Crippen LogP contribution in [0.5, 0.6) is 0 Å². The van der Waals surface area contributed by atoms with Crippen LogP contribution in [0.25, 0.3) is 0 Å². The molecule has 0 amide bonds. The van der Waals surface area contributed by atoms with Crippen LogP contribution in [0, 0.1) is 20.8 Å². The third-order valence-corrected chi connectivity index (χ3v) is 3.66. The van der Waals surface area contributed by atoms with Crippen molar-refractivity contribution in [2.45, 2.75) is 27.2 Å². The Bertz CT molecular complexity index is 629. The van der Waals surface area contributed by atoms with Crippen molar-refractivity contribution in [2.75, 3.05) is 0 Å². The van der Waals surface area contributed by atoms with E-state index >= 15 is 0 Å². The minimum absolute atomic E-state index is 0.142. The minimum Gasteiger partial charge on any atom is -0.294 e. The number of rotatable bonds is 3. The summed E-state index contributed by atoms with van der Waals surface area (Å²) in [7, 11) is 0. The van der Waals surface area contributed by atoms with Crippen LogP contribution in [-0.2, 0) is 6.42 Å². The highest BCUT2D eigenvalue weighted by Gasteiger charge is 2.12. The van der Waals surface area contributed by atoms with Gasteiger partial charge < -0.3 is 0 Å². The second-order valence-electron chi connectivity index (χ2n) is 5.01. The van der Waals surface area contributed by atoms with Crippen molar-refractivity contribution >= 4 is 17.4 Å². The summed E-state index contributed by atoms with van der Waals surface area (Å²) in [5, 5.41) is 0.713. The second kappa shape index (κ2) is 5.58. The molecule has 98 valence electrons. The van der Waals surface area contributed by atoms with Crippen molar-refractivity contribution < 1.29 is 4.79 Å². The van der Waals surface area contributed by atoms with E-state index in [1.165, 1.54) is 5.56 Å². The van der Waals surface area contributed by atoms with Crippen LogP contribution in [0.1, 0.15) is 32.6 Å². The quantitative estimate of drug-likeness (QED) is 0.741. The van der Waals surface area contributed by atoms with E-state index in [1.807, 2.05) is 51.1 Å². The van der Waals surface area contributed by atoms with Crippen molar-refractivity contribution in [2.24, 2.45) is 0 Å². The van der Waals surface area contributed by atoms with E-state index in [4.69, 9.17) is 11.6 Å². The molecule has 0 heterocycles. The van der Waals surface area contributed by atoms with Gasteiger partial charge in [-0.3, -0.25) is 4.79 Å². The molecule has 0 N–H and O–H groups in total. The van der Waals surface area contributed by atoms with Gasteiger partial charge in [-0.15, -0.1) is 0 Å². The molecule has 0 atom stereocenters. The first-order chi connectivity index (χ1) is 8.97. The molecule has 0 aliphatic carbocycles. The Morgan fingerprint density at radius 1 is 1.05 bits per heavy atom. The van der Waals surface area contributed by atoms with E-state index < -0.39 is 0 Å². The van der Waals surface area contributed by atoms with Crippen LogP contribution in [0.3, 0.4) is 0 Å². The first kappa shape index (κ1) is 13.8. The number of ketones is 1. The van der Waals surface area contributed by atoms with Gasteiger partial charge in [0.05, 0.1) is 0 Å². The average molecular weight is 273 g/mol. The molecule has 2 heteroatoms. The van der Waals surface area contributed by atoms with Crippen molar-refractivity contribution in [3.63, 3.8) is 0 Å². The van der Waals surface area contributed by atoms with Crippen LogP contribution < -0.4 is 0 Å². The lowest BCUT2D eigenvalue weighted by molar-refractivity contribution is 0.0992. The lowest BCUT2D eigenvalue weighted by Gasteiger charge is -2.08. The number of halogens is 1. The highest BCUT2D eigenvalue weighted by Crippen LogP contribution is 2.22. The molecule has 2 aromatic rings. The smallest absolute Gasteiger partial charge is 0.167 e. The molecular weight excluding hydrogens is 256 g/mol. The third-order valence-electron chi connectivity index (χ3n) is 3.25. The Morgan fingerprint density at radius 3 is 2.47 bits per heavy atom. The summed E-state index contributed by atoms with van der Waals surface area (Å²) >= 11 is 6.06. The molecule has 0 fully saturated rings. The van der Waals surface area contributed by atoms with Crippen LogP contribution in [0.2, 0.25) is 5.02 Å². The Balaban J connectivity index is 2.28. The van der Waals surface area contributed by atoms with Crippen LogP contribution in [-0.4, -0.2) is 5.78 Å². The lowest BCUT2D eigenvalue weighted by Crippen LogP contribution is -2.06. The predicted molar refractivity (Wildman–Crippen MR) is 80.1 cm³/mol. The Kier molecular flexibility index (Phi) is 4.06. The first-order valence-electron chi connectivity index (χ1n) is 6.33. The molecule has 0 aliphatic heterocycles. The second-order valence-corrected chi connectivity index (χ2v) is 5.41. The summed E-state index contributed by atoms with van der Waals surface area (Å²) in [4.78, 5) is 12.4. The standard InChI is InChI=1S/C17H17ClO/c1-11-5-4-6-14(7-11)10-17(19)15-8-13(3)16(18)9-12(15)2/h4-9H,10H2,1-3H3. The summed E-state index contributed by atoms with van der Waals surface area (Å²) in [5.41, 5.74) is 4.88.